The fraction of sp³-hybridized carbons (Fsp3) is 0.345. The number of rotatable bonds is 12. The summed E-state index contributed by atoms with van der Waals surface area (Å²) in [5, 5.41) is 2.67. The predicted molar refractivity (Wildman–Crippen MR) is 165 cm³/mol. The molecule has 0 atom stereocenters. The summed E-state index contributed by atoms with van der Waals surface area (Å²) in [6, 6.07) is 17.2. The van der Waals surface area contributed by atoms with Crippen molar-refractivity contribution >= 4 is 49.1 Å². The summed E-state index contributed by atoms with van der Waals surface area (Å²) >= 11 is 1.48. The normalized spacial score (nSPS) is 14.3. The van der Waals surface area contributed by atoms with Crippen LogP contribution >= 0.6 is 11.8 Å². The van der Waals surface area contributed by atoms with Crippen LogP contribution < -0.4 is 19.1 Å². The minimum absolute atomic E-state index is 0.00612. The number of carbonyl (C=O) groups is 1. The van der Waals surface area contributed by atoms with Gasteiger partial charge in [-0.3, -0.25) is 9.10 Å². The van der Waals surface area contributed by atoms with Crippen LogP contribution in [0.5, 0.6) is 11.5 Å². The average molecular weight is 634 g/mol. The first-order valence-electron chi connectivity index (χ1n) is 13.5. The molecule has 0 saturated carbocycles. The lowest BCUT2D eigenvalue weighted by Crippen LogP contribution is -2.38. The number of nitrogens with one attached hydrogen (secondary N) is 1. The molecule has 0 radical (unpaired) electrons. The van der Waals surface area contributed by atoms with Gasteiger partial charge in [-0.2, -0.15) is 4.31 Å². The Bertz CT molecular complexity index is 1610. The van der Waals surface area contributed by atoms with Gasteiger partial charge in [0.25, 0.3) is 10.0 Å². The Morgan fingerprint density at radius 1 is 0.929 bits per heavy atom. The van der Waals surface area contributed by atoms with Gasteiger partial charge in [-0.15, -0.1) is 11.8 Å². The lowest BCUT2D eigenvalue weighted by atomic mass is 10.2. The Labute approximate surface area is 252 Å². The predicted octanol–water partition coefficient (Wildman–Crippen LogP) is 4.82. The van der Waals surface area contributed by atoms with E-state index < -0.39 is 32.5 Å². The van der Waals surface area contributed by atoms with Crippen LogP contribution in [0.25, 0.3) is 0 Å². The highest BCUT2D eigenvalue weighted by Crippen LogP contribution is 2.34. The Morgan fingerprint density at radius 3 is 2.24 bits per heavy atom. The van der Waals surface area contributed by atoms with Gasteiger partial charge >= 0.3 is 0 Å². The number of amides is 1. The third kappa shape index (κ3) is 7.02. The maximum absolute atomic E-state index is 13.9. The van der Waals surface area contributed by atoms with Crippen molar-refractivity contribution in [1.82, 2.24) is 4.31 Å². The molecule has 0 aliphatic carbocycles. The lowest BCUT2D eigenvalue weighted by Gasteiger charge is -2.27. The molecule has 4 rings (SSSR count). The van der Waals surface area contributed by atoms with Crippen molar-refractivity contribution in [2.45, 2.75) is 40.9 Å². The van der Waals surface area contributed by atoms with Gasteiger partial charge in [-0.25, -0.2) is 16.8 Å². The first kappa shape index (κ1) is 31.7. The largest absolute Gasteiger partial charge is 0.495 e. The van der Waals surface area contributed by atoms with E-state index in [0.29, 0.717) is 18.8 Å². The quantitative estimate of drug-likeness (QED) is 0.282. The van der Waals surface area contributed by atoms with E-state index in [1.54, 1.807) is 43.3 Å². The molecule has 1 heterocycles. The van der Waals surface area contributed by atoms with E-state index in [0.717, 1.165) is 28.5 Å². The second-order valence-electron chi connectivity index (χ2n) is 9.46. The van der Waals surface area contributed by atoms with E-state index in [-0.39, 0.29) is 33.5 Å². The number of ether oxygens (including phenoxy) is 2. The van der Waals surface area contributed by atoms with Gasteiger partial charge in [0, 0.05) is 18.0 Å². The van der Waals surface area contributed by atoms with Crippen molar-refractivity contribution in [3.63, 3.8) is 0 Å². The topological polar surface area (TPSA) is 122 Å². The molecule has 1 aliphatic heterocycles. The van der Waals surface area contributed by atoms with Crippen LogP contribution in [0.2, 0.25) is 0 Å². The zero-order valence-corrected chi connectivity index (χ0v) is 26.2. The average Bonchev–Trinajstić information content (AvgIpc) is 3.00. The first-order chi connectivity index (χ1) is 20.1. The minimum Gasteiger partial charge on any atom is -0.495 e. The molecule has 1 N–H and O–H groups in total. The van der Waals surface area contributed by atoms with Gasteiger partial charge < -0.3 is 14.8 Å². The number of hydrogen-bond donors (Lipinski definition) is 1. The van der Waals surface area contributed by atoms with E-state index in [4.69, 9.17) is 9.47 Å². The van der Waals surface area contributed by atoms with Gasteiger partial charge in [-0.05, 0) is 80.6 Å². The molecule has 3 aromatic rings. The molecule has 0 bridgehead atoms. The molecule has 1 fully saturated rings. The summed E-state index contributed by atoms with van der Waals surface area (Å²) < 4.78 is 68.0. The fourth-order valence-electron chi connectivity index (χ4n) is 4.64. The van der Waals surface area contributed by atoms with Crippen molar-refractivity contribution in [2.24, 2.45) is 0 Å². The van der Waals surface area contributed by atoms with Crippen molar-refractivity contribution in [3.8, 4) is 11.5 Å². The van der Waals surface area contributed by atoms with Gasteiger partial charge in [0.15, 0.2) is 0 Å². The number of para-hydroxylation sites is 2. The van der Waals surface area contributed by atoms with Crippen molar-refractivity contribution in [2.75, 3.05) is 49.2 Å². The number of methoxy groups -OCH3 is 1. The highest BCUT2D eigenvalue weighted by Gasteiger charge is 2.31. The maximum Gasteiger partial charge on any atom is 0.264 e. The number of hydrogen-bond acceptors (Lipinski definition) is 8. The molecule has 0 spiro atoms. The van der Waals surface area contributed by atoms with E-state index in [1.165, 1.54) is 53.5 Å². The monoisotopic (exact) mass is 633 g/mol. The molecule has 13 heteroatoms. The number of thioether (sulfide) groups is 1. The third-order valence-electron chi connectivity index (χ3n) is 6.77. The van der Waals surface area contributed by atoms with E-state index in [9.17, 15) is 21.6 Å². The van der Waals surface area contributed by atoms with Crippen molar-refractivity contribution in [1.29, 1.82) is 0 Å². The molecule has 226 valence electrons. The summed E-state index contributed by atoms with van der Waals surface area (Å²) in [5.74, 6) is -0.168. The maximum atomic E-state index is 13.9. The molecule has 3 aromatic carbocycles. The zero-order chi connectivity index (χ0) is 30.3. The Morgan fingerprint density at radius 2 is 1.60 bits per heavy atom. The first-order valence-corrected chi connectivity index (χ1v) is 17.6. The van der Waals surface area contributed by atoms with Crippen LogP contribution in [-0.4, -0.2) is 66.7 Å². The standard InChI is InChI=1S/C29H35N3O7S3/c1-4-39-28-11-7-6-10-26(28)32(42(36,37)23-14-12-22(40-3)13-15-23)21-29(33)30-25-20-24(16-17-27(25)38-2)41(34,35)31-18-8-5-9-19-31/h6-7,10-17,20H,4-5,8-9,18-19,21H2,1-3H3,(H,30,33). The molecule has 0 unspecified atom stereocenters. The molecule has 1 amide bonds. The van der Waals surface area contributed by atoms with Crippen LogP contribution in [-0.2, 0) is 24.8 Å². The summed E-state index contributed by atoms with van der Waals surface area (Å²) in [6.45, 7) is 2.32. The van der Waals surface area contributed by atoms with E-state index in [1.807, 2.05) is 6.26 Å². The Kier molecular flexibility index (Phi) is 10.4. The van der Waals surface area contributed by atoms with Crippen molar-refractivity contribution < 1.29 is 31.1 Å². The van der Waals surface area contributed by atoms with Crippen LogP contribution in [0, 0.1) is 0 Å². The van der Waals surface area contributed by atoms with Crippen LogP contribution in [0.4, 0.5) is 11.4 Å². The number of carbonyl (C=O) groups excluding carboxylic acids is 1. The summed E-state index contributed by atoms with van der Waals surface area (Å²) in [7, 11) is -6.61. The Balaban J connectivity index is 1.69. The third-order valence-corrected chi connectivity index (χ3v) is 11.2. The summed E-state index contributed by atoms with van der Waals surface area (Å²) in [4.78, 5) is 14.4. The zero-order valence-electron chi connectivity index (χ0n) is 23.8. The van der Waals surface area contributed by atoms with Gasteiger partial charge in [0.2, 0.25) is 15.9 Å². The number of benzene rings is 3. The number of anilines is 2. The molecule has 1 aliphatic rings. The minimum atomic E-state index is -4.22. The molecule has 1 saturated heterocycles. The molecule has 42 heavy (non-hydrogen) atoms. The van der Waals surface area contributed by atoms with Gasteiger partial charge in [0.1, 0.15) is 18.0 Å². The van der Waals surface area contributed by atoms with Crippen LogP contribution in [0.1, 0.15) is 26.2 Å². The van der Waals surface area contributed by atoms with E-state index >= 15 is 0 Å². The van der Waals surface area contributed by atoms with E-state index in [2.05, 4.69) is 5.32 Å². The summed E-state index contributed by atoms with van der Waals surface area (Å²) in [5.41, 5.74) is 0.303. The number of piperidine rings is 1. The molecule has 0 aromatic heterocycles. The smallest absolute Gasteiger partial charge is 0.264 e. The second kappa shape index (κ2) is 13.8. The molecule has 10 nitrogen and oxygen atoms in total. The molecular weight excluding hydrogens is 599 g/mol. The Hall–Kier alpha value is -3.26. The number of nitrogens with zero attached hydrogens (tertiary/aromatic N) is 2. The van der Waals surface area contributed by atoms with Crippen LogP contribution in [0.15, 0.2) is 81.4 Å². The van der Waals surface area contributed by atoms with Gasteiger partial charge in [0.05, 0.1) is 34.9 Å². The number of sulfonamides is 2. The van der Waals surface area contributed by atoms with Gasteiger partial charge in [-0.1, -0.05) is 18.6 Å². The van der Waals surface area contributed by atoms with Crippen molar-refractivity contribution in [3.05, 3.63) is 66.7 Å². The highest BCUT2D eigenvalue weighted by atomic mass is 32.2. The van der Waals surface area contributed by atoms with Crippen LogP contribution in [0.3, 0.4) is 0 Å². The second-order valence-corrected chi connectivity index (χ2v) is 14.1. The fourth-order valence-corrected chi connectivity index (χ4v) is 8.02. The SMILES string of the molecule is CCOc1ccccc1N(CC(=O)Nc1cc(S(=O)(=O)N2CCCCC2)ccc1OC)S(=O)(=O)c1ccc(SC)cc1. The molecular formula is C29H35N3O7S3. The summed E-state index contributed by atoms with van der Waals surface area (Å²) in [6.07, 6.45) is 4.43. The lowest BCUT2D eigenvalue weighted by molar-refractivity contribution is -0.114. The highest BCUT2D eigenvalue weighted by molar-refractivity contribution is 7.98.